The molecule has 1 N–H and O–H groups in total. The van der Waals surface area contributed by atoms with Crippen LogP contribution in [0.3, 0.4) is 0 Å². The highest BCUT2D eigenvalue weighted by Gasteiger charge is 2.11. The summed E-state index contributed by atoms with van der Waals surface area (Å²) in [6, 6.07) is 0. The van der Waals surface area contributed by atoms with Crippen molar-refractivity contribution < 1.29 is 14.6 Å². The van der Waals surface area contributed by atoms with Crippen molar-refractivity contribution in [2.45, 2.75) is 12.8 Å². The Morgan fingerprint density at radius 1 is 1.62 bits per heavy atom. The molecule has 1 saturated heterocycles. The molecule has 0 atom stereocenters. The molecule has 1 fully saturated rings. The number of ether oxygens (including phenoxy) is 1. The van der Waals surface area contributed by atoms with E-state index in [0.717, 1.165) is 26.1 Å². The van der Waals surface area contributed by atoms with Gasteiger partial charge in [0.2, 0.25) is 0 Å². The van der Waals surface area contributed by atoms with Crippen molar-refractivity contribution >= 4 is 5.97 Å². The van der Waals surface area contributed by atoms with Gasteiger partial charge in [-0.1, -0.05) is 6.58 Å². The lowest BCUT2D eigenvalue weighted by Gasteiger charge is -2.11. The monoisotopic (exact) mass is 185 g/mol. The first-order valence-corrected chi connectivity index (χ1v) is 4.41. The first-order valence-electron chi connectivity index (χ1n) is 4.41. The highest BCUT2D eigenvalue weighted by molar-refractivity contribution is 5.85. The van der Waals surface area contributed by atoms with E-state index in [9.17, 15) is 4.79 Å². The summed E-state index contributed by atoms with van der Waals surface area (Å²) >= 11 is 0. The lowest BCUT2D eigenvalue weighted by Crippen LogP contribution is -2.21. The fourth-order valence-corrected chi connectivity index (χ4v) is 1.25. The third kappa shape index (κ3) is 3.57. The molecule has 0 unspecified atom stereocenters. The zero-order valence-corrected chi connectivity index (χ0v) is 7.66. The van der Waals surface area contributed by atoms with Gasteiger partial charge < -0.3 is 9.84 Å². The molecular formula is C9H15NO3. The smallest absolute Gasteiger partial charge is 0.330 e. The summed E-state index contributed by atoms with van der Waals surface area (Å²) in [6.07, 6.45) is 1.40. The van der Waals surface area contributed by atoms with Crippen molar-refractivity contribution in [3.8, 4) is 0 Å². The second kappa shape index (κ2) is 4.99. The molecule has 0 bridgehead atoms. The molecule has 0 aromatic rings. The lowest BCUT2D eigenvalue weighted by molar-refractivity contribution is -0.132. The van der Waals surface area contributed by atoms with E-state index in [2.05, 4.69) is 11.5 Å². The topological polar surface area (TPSA) is 49.8 Å². The molecule has 0 spiro atoms. The minimum absolute atomic E-state index is 0.292. The van der Waals surface area contributed by atoms with Gasteiger partial charge in [0.05, 0.1) is 13.3 Å². The zero-order valence-electron chi connectivity index (χ0n) is 7.66. The van der Waals surface area contributed by atoms with Crippen LogP contribution in [0.2, 0.25) is 0 Å². The Kier molecular flexibility index (Phi) is 3.92. The van der Waals surface area contributed by atoms with Crippen LogP contribution in [0, 0.1) is 0 Å². The molecule has 1 aliphatic heterocycles. The summed E-state index contributed by atoms with van der Waals surface area (Å²) in [5.74, 6) is -0.891. The molecule has 0 aromatic heterocycles. The van der Waals surface area contributed by atoms with Gasteiger partial charge in [-0.2, -0.15) is 0 Å². The van der Waals surface area contributed by atoms with E-state index in [1.807, 2.05) is 0 Å². The van der Waals surface area contributed by atoms with Gasteiger partial charge in [0.1, 0.15) is 0 Å². The molecule has 0 aromatic carbocycles. The highest BCUT2D eigenvalue weighted by Crippen LogP contribution is 2.06. The van der Waals surface area contributed by atoms with Crippen LogP contribution in [0.25, 0.3) is 0 Å². The number of hydrogen-bond acceptors (Lipinski definition) is 3. The Hall–Kier alpha value is -0.870. The minimum atomic E-state index is -0.891. The number of carbonyl (C=O) groups is 1. The Morgan fingerprint density at radius 3 is 2.92 bits per heavy atom. The Labute approximate surface area is 77.8 Å². The van der Waals surface area contributed by atoms with Crippen molar-refractivity contribution in [1.82, 2.24) is 4.90 Å². The van der Waals surface area contributed by atoms with Gasteiger partial charge in [-0.15, -0.1) is 0 Å². The number of carboxylic acid groups (broad SMARTS) is 1. The largest absolute Gasteiger partial charge is 0.478 e. The van der Waals surface area contributed by atoms with Crippen LogP contribution in [0.15, 0.2) is 12.2 Å². The van der Waals surface area contributed by atoms with E-state index in [1.54, 1.807) is 0 Å². The first kappa shape index (κ1) is 10.2. The maximum atomic E-state index is 10.4. The van der Waals surface area contributed by atoms with Crippen LogP contribution >= 0.6 is 0 Å². The Balaban J connectivity index is 2.06. The SMILES string of the molecule is C=C(CCCN1CCOC1)C(=O)O. The quantitative estimate of drug-likeness (QED) is 0.640. The van der Waals surface area contributed by atoms with Crippen LogP contribution in [0.1, 0.15) is 12.8 Å². The van der Waals surface area contributed by atoms with E-state index in [0.29, 0.717) is 18.7 Å². The zero-order chi connectivity index (χ0) is 9.68. The van der Waals surface area contributed by atoms with Crippen LogP contribution in [0.5, 0.6) is 0 Å². The third-order valence-electron chi connectivity index (χ3n) is 2.08. The van der Waals surface area contributed by atoms with Gasteiger partial charge in [0, 0.05) is 18.7 Å². The van der Waals surface area contributed by atoms with Crippen molar-refractivity contribution in [3.05, 3.63) is 12.2 Å². The molecular weight excluding hydrogens is 170 g/mol. The number of rotatable bonds is 5. The Morgan fingerprint density at radius 2 is 2.38 bits per heavy atom. The standard InChI is InChI=1S/C9H15NO3/c1-8(9(11)12)3-2-4-10-5-6-13-7-10/h1-7H2,(H,11,12). The van der Waals surface area contributed by atoms with Gasteiger partial charge in [-0.05, 0) is 12.8 Å². The second-order valence-electron chi connectivity index (χ2n) is 3.17. The van der Waals surface area contributed by atoms with Crippen molar-refractivity contribution in [3.63, 3.8) is 0 Å². The van der Waals surface area contributed by atoms with Gasteiger partial charge in [0.25, 0.3) is 0 Å². The molecule has 1 aliphatic rings. The van der Waals surface area contributed by atoms with Gasteiger partial charge in [0.15, 0.2) is 0 Å². The fourth-order valence-electron chi connectivity index (χ4n) is 1.25. The van der Waals surface area contributed by atoms with E-state index >= 15 is 0 Å². The van der Waals surface area contributed by atoms with Gasteiger partial charge in [-0.3, -0.25) is 4.90 Å². The van der Waals surface area contributed by atoms with Crippen LogP contribution < -0.4 is 0 Å². The molecule has 4 nitrogen and oxygen atoms in total. The van der Waals surface area contributed by atoms with E-state index in [1.165, 1.54) is 0 Å². The van der Waals surface area contributed by atoms with Crippen molar-refractivity contribution in [2.75, 3.05) is 26.4 Å². The maximum absolute atomic E-state index is 10.4. The summed E-state index contributed by atoms with van der Waals surface area (Å²) in [5, 5.41) is 8.54. The van der Waals surface area contributed by atoms with Crippen molar-refractivity contribution in [1.29, 1.82) is 0 Å². The molecule has 4 heteroatoms. The number of carboxylic acids is 1. The normalized spacial score (nSPS) is 17.5. The van der Waals surface area contributed by atoms with Crippen molar-refractivity contribution in [2.24, 2.45) is 0 Å². The van der Waals surface area contributed by atoms with E-state index in [-0.39, 0.29) is 0 Å². The summed E-state index contributed by atoms with van der Waals surface area (Å²) < 4.78 is 5.15. The summed E-state index contributed by atoms with van der Waals surface area (Å²) in [5.41, 5.74) is 0.292. The molecule has 74 valence electrons. The molecule has 0 saturated carbocycles. The predicted octanol–water partition coefficient (Wildman–Crippen LogP) is 0.697. The number of nitrogens with zero attached hydrogens (tertiary/aromatic N) is 1. The summed E-state index contributed by atoms with van der Waals surface area (Å²) in [4.78, 5) is 12.6. The van der Waals surface area contributed by atoms with E-state index in [4.69, 9.17) is 9.84 Å². The van der Waals surface area contributed by atoms with Crippen LogP contribution in [-0.4, -0.2) is 42.4 Å². The van der Waals surface area contributed by atoms with Gasteiger partial charge in [-0.25, -0.2) is 4.79 Å². The summed E-state index contributed by atoms with van der Waals surface area (Å²) in [7, 11) is 0. The summed E-state index contributed by atoms with van der Waals surface area (Å²) in [6.45, 7) is 6.79. The minimum Gasteiger partial charge on any atom is -0.478 e. The maximum Gasteiger partial charge on any atom is 0.330 e. The number of hydrogen-bond donors (Lipinski definition) is 1. The number of aliphatic carboxylic acids is 1. The molecule has 0 radical (unpaired) electrons. The lowest BCUT2D eigenvalue weighted by atomic mass is 10.1. The highest BCUT2D eigenvalue weighted by atomic mass is 16.5. The Bertz CT molecular complexity index is 197. The third-order valence-corrected chi connectivity index (χ3v) is 2.08. The molecule has 13 heavy (non-hydrogen) atoms. The van der Waals surface area contributed by atoms with Gasteiger partial charge >= 0.3 is 5.97 Å². The van der Waals surface area contributed by atoms with Crippen LogP contribution in [0.4, 0.5) is 0 Å². The molecule has 0 aliphatic carbocycles. The second-order valence-corrected chi connectivity index (χ2v) is 3.17. The molecule has 0 amide bonds. The van der Waals surface area contributed by atoms with E-state index < -0.39 is 5.97 Å². The average Bonchev–Trinajstić information content (AvgIpc) is 2.56. The molecule has 1 heterocycles. The average molecular weight is 185 g/mol. The predicted molar refractivity (Wildman–Crippen MR) is 48.4 cm³/mol. The first-order chi connectivity index (χ1) is 6.20. The van der Waals surface area contributed by atoms with Crippen LogP contribution in [-0.2, 0) is 9.53 Å². The fraction of sp³-hybridized carbons (Fsp3) is 0.667. The molecule has 1 rings (SSSR count).